The fraction of sp³-hybridized carbons (Fsp3) is 0.120. The molecule has 1 heterocycles. The number of halogens is 1. The second kappa shape index (κ2) is 7.69. The Hall–Kier alpha value is -3.17. The first kappa shape index (κ1) is 19.2. The Labute approximate surface area is 175 Å². The molecule has 0 spiro atoms. The third-order valence-electron chi connectivity index (χ3n) is 5.12. The maximum absolute atomic E-state index is 13.3. The first-order chi connectivity index (χ1) is 13.9. The Bertz CT molecular complexity index is 1230. The predicted octanol–water partition coefficient (Wildman–Crippen LogP) is 6.73. The summed E-state index contributed by atoms with van der Waals surface area (Å²) >= 11 is 6.35. The number of hydrogen-bond donors (Lipinski definition) is 1. The van der Waals surface area contributed by atoms with Crippen molar-refractivity contribution in [2.24, 2.45) is 0 Å². The maximum atomic E-state index is 13.3. The Balaban J connectivity index is 1.89. The number of carbonyl (C=O) groups excluding carboxylic acids is 1. The van der Waals surface area contributed by atoms with Crippen molar-refractivity contribution in [3.8, 4) is 11.3 Å². The second-order valence-corrected chi connectivity index (χ2v) is 7.67. The zero-order valence-corrected chi connectivity index (χ0v) is 17.3. The molecule has 29 heavy (non-hydrogen) atoms. The molecule has 0 bridgehead atoms. The van der Waals surface area contributed by atoms with Crippen LogP contribution in [0.2, 0.25) is 5.02 Å². The van der Waals surface area contributed by atoms with Crippen LogP contribution >= 0.6 is 11.6 Å². The average molecular weight is 401 g/mol. The van der Waals surface area contributed by atoms with Crippen LogP contribution in [0.4, 0.5) is 5.69 Å². The fourth-order valence-electron chi connectivity index (χ4n) is 3.41. The molecule has 1 aromatic heterocycles. The van der Waals surface area contributed by atoms with E-state index >= 15 is 0 Å². The van der Waals surface area contributed by atoms with Crippen molar-refractivity contribution in [3.63, 3.8) is 0 Å². The van der Waals surface area contributed by atoms with E-state index in [1.54, 1.807) is 0 Å². The molecule has 1 amide bonds. The third kappa shape index (κ3) is 3.74. The minimum atomic E-state index is -0.162. The molecule has 4 rings (SSSR count). The summed E-state index contributed by atoms with van der Waals surface area (Å²) in [6, 6.07) is 21.4. The number of carbonyl (C=O) groups is 1. The average Bonchev–Trinajstić information content (AvgIpc) is 2.73. The highest BCUT2D eigenvalue weighted by Crippen LogP contribution is 2.31. The van der Waals surface area contributed by atoms with Gasteiger partial charge in [-0.05, 0) is 55.7 Å². The van der Waals surface area contributed by atoms with Gasteiger partial charge in [0.05, 0.1) is 16.8 Å². The van der Waals surface area contributed by atoms with E-state index in [0.717, 1.165) is 44.5 Å². The van der Waals surface area contributed by atoms with E-state index in [1.807, 2.05) is 87.5 Å². The Morgan fingerprint density at radius 1 is 0.931 bits per heavy atom. The van der Waals surface area contributed by atoms with E-state index in [-0.39, 0.29) is 5.91 Å². The quantitative estimate of drug-likeness (QED) is 0.414. The van der Waals surface area contributed by atoms with Gasteiger partial charge in [-0.2, -0.15) is 0 Å². The number of fused-ring (bicyclic) bond motifs is 1. The standard InChI is InChI=1S/C25H21ClN2O/c1-15-9-10-16(2)22(13-15)28-25(29)20-14-23(18-7-5-4-6-8-18)27-24-17(3)21(26)12-11-19(20)24/h4-14H,1-3H3,(H,28,29). The molecular formula is C25H21ClN2O. The SMILES string of the molecule is Cc1ccc(C)c(NC(=O)c2cc(-c3ccccc3)nc3c(C)c(Cl)ccc23)c1. The summed E-state index contributed by atoms with van der Waals surface area (Å²) < 4.78 is 0. The highest BCUT2D eigenvalue weighted by Gasteiger charge is 2.17. The van der Waals surface area contributed by atoms with Crippen molar-refractivity contribution >= 4 is 34.1 Å². The summed E-state index contributed by atoms with van der Waals surface area (Å²) in [4.78, 5) is 18.1. The van der Waals surface area contributed by atoms with Crippen LogP contribution in [0.25, 0.3) is 22.2 Å². The topological polar surface area (TPSA) is 42.0 Å². The fourth-order valence-corrected chi connectivity index (χ4v) is 3.56. The van der Waals surface area contributed by atoms with Gasteiger partial charge >= 0.3 is 0 Å². The minimum absolute atomic E-state index is 0.162. The molecule has 0 fully saturated rings. The highest BCUT2D eigenvalue weighted by molar-refractivity contribution is 6.32. The van der Waals surface area contributed by atoms with Crippen LogP contribution in [-0.4, -0.2) is 10.9 Å². The minimum Gasteiger partial charge on any atom is -0.322 e. The van der Waals surface area contributed by atoms with Gasteiger partial charge in [0.2, 0.25) is 0 Å². The van der Waals surface area contributed by atoms with E-state index in [4.69, 9.17) is 16.6 Å². The van der Waals surface area contributed by atoms with Crippen molar-refractivity contribution < 1.29 is 4.79 Å². The second-order valence-electron chi connectivity index (χ2n) is 7.26. The number of rotatable bonds is 3. The number of anilines is 1. The summed E-state index contributed by atoms with van der Waals surface area (Å²) in [5, 5.41) is 4.49. The molecule has 3 aromatic carbocycles. The van der Waals surface area contributed by atoms with Crippen molar-refractivity contribution in [1.29, 1.82) is 0 Å². The normalized spacial score (nSPS) is 10.9. The van der Waals surface area contributed by atoms with Crippen molar-refractivity contribution in [3.05, 3.63) is 94.0 Å². The monoisotopic (exact) mass is 400 g/mol. The van der Waals surface area contributed by atoms with Gasteiger partial charge in [-0.1, -0.05) is 60.1 Å². The number of benzene rings is 3. The first-order valence-electron chi connectivity index (χ1n) is 9.48. The number of nitrogens with zero attached hydrogens (tertiary/aromatic N) is 1. The summed E-state index contributed by atoms with van der Waals surface area (Å²) in [6.07, 6.45) is 0. The molecule has 0 aliphatic rings. The van der Waals surface area contributed by atoms with Crippen LogP contribution in [0.1, 0.15) is 27.0 Å². The third-order valence-corrected chi connectivity index (χ3v) is 5.53. The number of aromatic nitrogens is 1. The van der Waals surface area contributed by atoms with E-state index < -0.39 is 0 Å². The van der Waals surface area contributed by atoms with Gasteiger partial charge in [-0.25, -0.2) is 4.98 Å². The van der Waals surface area contributed by atoms with E-state index in [9.17, 15) is 4.79 Å². The molecule has 0 aliphatic heterocycles. The first-order valence-corrected chi connectivity index (χ1v) is 9.86. The van der Waals surface area contributed by atoms with Crippen LogP contribution in [0.15, 0.2) is 66.7 Å². The molecule has 0 saturated heterocycles. The Kier molecular flexibility index (Phi) is 5.08. The van der Waals surface area contributed by atoms with Gasteiger partial charge in [0.1, 0.15) is 0 Å². The van der Waals surface area contributed by atoms with Crippen LogP contribution in [0.5, 0.6) is 0 Å². The molecule has 0 radical (unpaired) electrons. The van der Waals surface area contributed by atoms with Crippen LogP contribution in [0.3, 0.4) is 0 Å². The molecule has 0 atom stereocenters. The van der Waals surface area contributed by atoms with Crippen molar-refractivity contribution in [2.45, 2.75) is 20.8 Å². The molecule has 1 N–H and O–H groups in total. The Morgan fingerprint density at radius 2 is 1.69 bits per heavy atom. The zero-order chi connectivity index (χ0) is 20.5. The molecule has 0 unspecified atom stereocenters. The van der Waals surface area contributed by atoms with Crippen molar-refractivity contribution in [2.75, 3.05) is 5.32 Å². The maximum Gasteiger partial charge on any atom is 0.256 e. The smallest absolute Gasteiger partial charge is 0.256 e. The number of nitrogens with one attached hydrogen (secondary N) is 1. The van der Waals surface area contributed by atoms with Crippen LogP contribution < -0.4 is 5.32 Å². The van der Waals surface area contributed by atoms with Gasteiger partial charge in [0.15, 0.2) is 0 Å². The summed E-state index contributed by atoms with van der Waals surface area (Å²) in [5.41, 5.74) is 6.81. The lowest BCUT2D eigenvalue weighted by atomic mass is 10.0. The van der Waals surface area contributed by atoms with Gasteiger partial charge in [0.25, 0.3) is 5.91 Å². The molecule has 0 saturated carbocycles. The van der Waals surface area contributed by atoms with Gasteiger partial charge in [0, 0.05) is 21.7 Å². The van der Waals surface area contributed by atoms with E-state index in [1.165, 1.54) is 0 Å². The summed E-state index contributed by atoms with van der Waals surface area (Å²) in [7, 11) is 0. The molecule has 3 nitrogen and oxygen atoms in total. The number of aryl methyl sites for hydroxylation is 3. The van der Waals surface area contributed by atoms with Crippen LogP contribution in [-0.2, 0) is 0 Å². The molecule has 4 heteroatoms. The highest BCUT2D eigenvalue weighted by atomic mass is 35.5. The number of amides is 1. The summed E-state index contributed by atoms with van der Waals surface area (Å²) in [5.74, 6) is -0.162. The van der Waals surface area contributed by atoms with Gasteiger partial charge < -0.3 is 5.32 Å². The summed E-state index contributed by atoms with van der Waals surface area (Å²) in [6.45, 7) is 5.92. The molecule has 0 aliphatic carbocycles. The Morgan fingerprint density at radius 3 is 2.45 bits per heavy atom. The van der Waals surface area contributed by atoms with Crippen LogP contribution in [0, 0.1) is 20.8 Å². The lowest BCUT2D eigenvalue weighted by Gasteiger charge is -2.14. The molecule has 144 valence electrons. The zero-order valence-electron chi connectivity index (χ0n) is 16.6. The largest absolute Gasteiger partial charge is 0.322 e. The number of pyridine rings is 1. The van der Waals surface area contributed by atoms with Gasteiger partial charge in [-0.3, -0.25) is 4.79 Å². The van der Waals surface area contributed by atoms with Gasteiger partial charge in [-0.15, -0.1) is 0 Å². The van der Waals surface area contributed by atoms with E-state index in [0.29, 0.717) is 10.6 Å². The predicted molar refractivity (Wildman–Crippen MR) is 121 cm³/mol. The number of hydrogen-bond acceptors (Lipinski definition) is 2. The molecular weight excluding hydrogens is 380 g/mol. The van der Waals surface area contributed by atoms with E-state index in [2.05, 4.69) is 5.32 Å². The van der Waals surface area contributed by atoms with Crippen molar-refractivity contribution in [1.82, 2.24) is 4.98 Å². The lowest BCUT2D eigenvalue weighted by molar-refractivity contribution is 0.102. The lowest BCUT2D eigenvalue weighted by Crippen LogP contribution is -2.14. The molecule has 4 aromatic rings.